The zero-order valence-corrected chi connectivity index (χ0v) is 10.6. The van der Waals surface area contributed by atoms with Gasteiger partial charge < -0.3 is 0 Å². The van der Waals surface area contributed by atoms with E-state index in [0.717, 1.165) is 31.0 Å². The molecule has 1 aliphatic heterocycles. The summed E-state index contributed by atoms with van der Waals surface area (Å²) < 4.78 is 0. The molecule has 2 aliphatic carbocycles. The number of ketones is 1. The predicted octanol–water partition coefficient (Wildman–Crippen LogP) is 2.84. The number of piperidine rings is 1. The molecule has 3 aliphatic rings. The molecule has 1 aromatic rings. The van der Waals surface area contributed by atoms with E-state index < -0.39 is 0 Å². The van der Waals surface area contributed by atoms with Crippen LogP contribution < -0.4 is 0 Å². The second-order valence-corrected chi connectivity index (χ2v) is 6.13. The lowest BCUT2D eigenvalue weighted by Crippen LogP contribution is -2.50. The van der Waals surface area contributed by atoms with Crippen molar-refractivity contribution in [3.8, 4) is 0 Å². The average molecular weight is 241 g/mol. The number of carbonyl (C=O) groups excluding carboxylic acids is 1. The van der Waals surface area contributed by atoms with Crippen molar-refractivity contribution >= 4 is 5.78 Å². The van der Waals surface area contributed by atoms with Crippen LogP contribution >= 0.6 is 0 Å². The summed E-state index contributed by atoms with van der Waals surface area (Å²) in [6.07, 6.45) is 5.03. The topological polar surface area (TPSA) is 20.3 Å². The minimum atomic E-state index is 0.180. The highest BCUT2D eigenvalue weighted by atomic mass is 16.1. The third-order valence-electron chi connectivity index (χ3n) is 4.87. The van der Waals surface area contributed by atoms with E-state index in [-0.39, 0.29) is 6.04 Å². The van der Waals surface area contributed by atoms with Gasteiger partial charge in [0.25, 0.3) is 0 Å². The first-order chi connectivity index (χ1) is 8.83. The van der Waals surface area contributed by atoms with E-state index in [1.165, 1.54) is 24.8 Å². The van der Waals surface area contributed by atoms with Gasteiger partial charge >= 0.3 is 0 Å². The number of nitrogens with zero attached hydrogens (tertiary/aromatic N) is 1. The number of carbonyl (C=O) groups is 1. The number of hydrogen-bond donors (Lipinski definition) is 0. The zero-order valence-electron chi connectivity index (χ0n) is 10.6. The first-order valence-electron chi connectivity index (χ1n) is 7.20. The average Bonchev–Trinajstić information content (AvgIpc) is 3.22. The van der Waals surface area contributed by atoms with Crippen LogP contribution in [0.3, 0.4) is 0 Å². The van der Waals surface area contributed by atoms with Gasteiger partial charge in [0.2, 0.25) is 0 Å². The number of rotatable bonds is 2. The van der Waals surface area contributed by atoms with Gasteiger partial charge in [-0.15, -0.1) is 0 Å². The van der Waals surface area contributed by atoms with Crippen LogP contribution in [0.5, 0.6) is 0 Å². The van der Waals surface area contributed by atoms with Crippen LogP contribution in [0, 0.1) is 5.92 Å². The van der Waals surface area contributed by atoms with E-state index in [1.807, 2.05) is 12.1 Å². The minimum absolute atomic E-state index is 0.180. The molecular formula is C16H19NO. The van der Waals surface area contributed by atoms with Gasteiger partial charge in [-0.25, -0.2) is 0 Å². The lowest BCUT2D eigenvalue weighted by molar-refractivity contribution is 0.0671. The smallest absolute Gasteiger partial charge is 0.180 e. The SMILES string of the molecule is O=C1c2ccccc2C2CCN(CC3CC3)C1C2. The molecule has 1 saturated carbocycles. The maximum absolute atomic E-state index is 12.6. The van der Waals surface area contributed by atoms with Gasteiger partial charge in [-0.05, 0) is 49.6 Å². The monoisotopic (exact) mass is 241 g/mol. The first-order valence-corrected chi connectivity index (χ1v) is 7.20. The van der Waals surface area contributed by atoms with Gasteiger partial charge in [0, 0.05) is 12.1 Å². The molecule has 1 saturated heterocycles. The molecule has 2 bridgehead atoms. The van der Waals surface area contributed by atoms with E-state index in [0.29, 0.717) is 11.7 Å². The Labute approximate surface area is 108 Å². The number of hydrogen-bond acceptors (Lipinski definition) is 2. The van der Waals surface area contributed by atoms with Crippen molar-refractivity contribution in [2.24, 2.45) is 5.92 Å². The second-order valence-electron chi connectivity index (χ2n) is 6.13. The Morgan fingerprint density at radius 3 is 2.83 bits per heavy atom. The van der Waals surface area contributed by atoms with Gasteiger partial charge in [-0.3, -0.25) is 9.69 Å². The molecule has 1 aromatic carbocycles. The molecule has 0 radical (unpaired) electrons. The maximum atomic E-state index is 12.6. The van der Waals surface area contributed by atoms with Gasteiger partial charge in [0.15, 0.2) is 5.78 Å². The summed E-state index contributed by atoms with van der Waals surface area (Å²) >= 11 is 0. The summed E-state index contributed by atoms with van der Waals surface area (Å²) in [5, 5.41) is 0. The molecule has 2 fully saturated rings. The molecule has 1 heterocycles. The van der Waals surface area contributed by atoms with Crippen LogP contribution in [0.15, 0.2) is 24.3 Å². The van der Waals surface area contributed by atoms with Crippen LogP contribution in [-0.4, -0.2) is 29.8 Å². The Morgan fingerprint density at radius 2 is 2.00 bits per heavy atom. The highest BCUT2D eigenvalue weighted by Gasteiger charge is 2.41. The molecule has 18 heavy (non-hydrogen) atoms. The van der Waals surface area contributed by atoms with Crippen molar-refractivity contribution in [2.45, 2.75) is 37.6 Å². The van der Waals surface area contributed by atoms with Crippen molar-refractivity contribution in [3.63, 3.8) is 0 Å². The quantitative estimate of drug-likeness (QED) is 0.793. The fraction of sp³-hybridized carbons (Fsp3) is 0.562. The van der Waals surface area contributed by atoms with Gasteiger partial charge in [0.05, 0.1) is 6.04 Å². The largest absolute Gasteiger partial charge is 0.293 e. The number of likely N-dealkylation sites (tertiary alicyclic amines) is 1. The molecule has 0 amide bonds. The number of Topliss-reactive ketones (excluding diaryl/α,β-unsaturated/α-hetero) is 1. The first kappa shape index (κ1) is 10.7. The minimum Gasteiger partial charge on any atom is -0.293 e. The van der Waals surface area contributed by atoms with E-state index in [1.54, 1.807) is 0 Å². The summed E-state index contributed by atoms with van der Waals surface area (Å²) in [4.78, 5) is 15.1. The second kappa shape index (κ2) is 3.92. The summed E-state index contributed by atoms with van der Waals surface area (Å²) in [6.45, 7) is 2.28. The number of benzene rings is 1. The fourth-order valence-corrected chi connectivity index (χ4v) is 3.68. The molecule has 2 heteroatoms. The van der Waals surface area contributed by atoms with E-state index in [9.17, 15) is 4.79 Å². The molecule has 4 rings (SSSR count). The Kier molecular flexibility index (Phi) is 2.34. The summed E-state index contributed by atoms with van der Waals surface area (Å²) in [5.74, 6) is 1.88. The maximum Gasteiger partial charge on any atom is 0.180 e. The summed E-state index contributed by atoms with van der Waals surface area (Å²) in [5.41, 5.74) is 2.31. The third-order valence-corrected chi connectivity index (χ3v) is 4.87. The van der Waals surface area contributed by atoms with Crippen LogP contribution in [0.25, 0.3) is 0 Å². The number of fused-ring (bicyclic) bond motifs is 4. The molecule has 94 valence electrons. The van der Waals surface area contributed by atoms with Crippen molar-refractivity contribution < 1.29 is 4.79 Å². The van der Waals surface area contributed by atoms with E-state index >= 15 is 0 Å². The van der Waals surface area contributed by atoms with Crippen LogP contribution in [0.1, 0.15) is 47.5 Å². The normalized spacial score (nSPS) is 31.2. The Bertz CT molecular complexity index is 492. The molecule has 0 spiro atoms. The predicted molar refractivity (Wildman–Crippen MR) is 70.8 cm³/mol. The third kappa shape index (κ3) is 1.63. The highest BCUT2D eigenvalue weighted by Crippen LogP contribution is 2.41. The van der Waals surface area contributed by atoms with Crippen molar-refractivity contribution in [1.82, 2.24) is 4.90 Å². The van der Waals surface area contributed by atoms with Crippen molar-refractivity contribution in [3.05, 3.63) is 35.4 Å². The van der Waals surface area contributed by atoms with E-state index in [2.05, 4.69) is 17.0 Å². The highest BCUT2D eigenvalue weighted by molar-refractivity contribution is 6.02. The van der Waals surface area contributed by atoms with Crippen LogP contribution in [-0.2, 0) is 0 Å². The molecular weight excluding hydrogens is 222 g/mol. The lowest BCUT2D eigenvalue weighted by atomic mass is 9.74. The standard InChI is InChI=1S/C16H19NO/c18-16-14-4-2-1-3-13(14)12-7-8-17(15(16)9-12)10-11-5-6-11/h1-4,11-12,15H,5-10H2. The molecule has 2 atom stereocenters. The Balaban J connectivity index is 1.67. The van der Waals surface area contributed by atoms with Gasteiger partial charge in [0.1, 0.15) is 0 Å². The summed E-state index contributed by atoms with van der Waals surface area (Å²) in [7, 11) is 0. The van der Waals surface area contributed by atoms with Gasteiger partial charge in [-0.2, -0.15) is 0 Å². The molecule has 2 nitrogen and oxygen atoms in total. The van der Waals surface area contributed by atoms with Gasteiger partial charge in [-0.1, -0.05) is 24.3 Å². The van der Waals surface area contributed by atoms with E-state index in [4.69, 9.17) is 0 Å². The fourth-order valence-electron chi connectivity index (χ4n) is 3.68. The Hall–Kier alpha value is -1.15. The van der Waals surface area contributed by atoms with Crippen LogP contribution in [0.2, 0.25) is 0 Å². The van der Waals surface area contributed by atoms with Crippen molar-refractivity contribution in [1.29, 1.82) is 0 Å². The summed E-state index contributed by atoms with van der Waals surface area (Å²) in [6, 6.07) is 8.44. The lowest BCUT2D eigenvalue weighted by Gasteiger charge is -2.43. The molecule has 2 unspecified atom stereocenters. The molecule has 0 aromatic heterocycles. The zero-order chi connectivity index (χ0) is 12.1. The Morgan fingerprint density at radius 1 is 1.17 bits per heavy atom. The van der Waals surface area contributed by atoms with Crippen molar-refractivity contribution in [2.75, 3.05) is 13.1 Å². The molecule has 0 N–H and O–H groups in total. The van der Waals surface area contributed by atoms with Crippen LogP contribution in [0.4, 0.5) is 0 Å².